The molecule has 0 atom stereocenters. The van der Waals surface area contributed by atoms with Crippen LogP contribution in [0.25, 0.3) is 0 Å². The lowest BCUT2D eigenvalue weighted by atomic mass is 9.95. The molecule has 1 N–H and O–H groups in total. The maximum absolute atomic E-state index is 11.7. The molecule has 1 amide bonds. The average Bonchev–Trinajstić information content (AvgIpc) is 2.37. The smallest absolute Gasteiger partial charge is 0.341 e. The number of hydrogen-bond donors (Lipinski definition) is 1. The maximum Gasteiger partial charge on any atom is 0.341 e. The SMILES string of the molecule is CC(=O)Nc1cccc2c1C(=O)OC2(C)C. The van der Waals surface area contributed by atoms with Crippen molar-refractivity contribution in [3.8, 4) is 0 Å². The molecule has 0 aliphatic carbocycles. The summed E-state index contributed by atoms with van der Waals surface area (Å²) in [6, 6.07) is 5.34. The van der Waals surface area contributed by atoms with E-state index >= 15 is 0 Å². The second-order valence-electron chi connectivity index (χ2n) is 4.31. The van der Waals surface area contributed by atoms with E-state index in [0.717, 1.165) is 5.56 Å². The van der Waals surface area contributed by atoms with E-state index in [-0.39, 0.29) is 11.9 Å². The zero-order chi connectivity index (χ0) is 11.9. The zero-order valence-electron chi connectivity index (χ0n) is 9.46. The van der Waals surface area contributed by atoms with Crippen molar-refractivity contribution in [3.63, 3.8) is 0 Å². The molecule has 0 unspecified atom stereocenters. The normalized spacial score (nSPS) is 16.6. The van der Waals surface area contributed by atoms with Gasteiger partial charge in [-0.3, -0.25) is 4.79 Å². The molecule has 0 aromatic heterocycles. The lowest BCUT2D eigenvalue weighted by Gasteiger charge is -2.17. The lowest BCUT2D eigenvalue weighted by molar-refractivity contribution is -0.114. The van der Waals surface area contributed by atoms with Gasteiger partial charge in [-0.15, -0.1) is 0 Å². The fourth-order valence-corrected chi connectivity index (χ4v) is 1.91. The second-order valence-corrected chi connectivity index (χ2v) is 4.31. The molecule has 0 fully saturated rings. The second kappa shape index (κ2) is 3.33. The molecule has 1 aromatic carbocycles. The van der Waals surface area contributed by atoms with Gasteiger partial charge in [-0.2, -0.15) is 0 Å². The summed E-state index contributed by atoms with van der Waals surface area (Å²) < 4.78 is 5.25. The van der Waals surface area contributed by atoms with Crippen molar-refractivity contribution in [2.45, 2.75) is 26.4 Å². The van der Waals surface area contributed by atoms with Crippen LogP contribution in [0.15, 0.2) is 18.2 Å². The predicted octanol–water partition coefficient (Wildman–Crippen LogP) is 2.05. The number of carbonyl (C=O) groups is 2. The van der Waals surface area contributed by atoms with E-state index in [1.807, 2.05) is 19.9 Å². The van der Waals surface area contributed by atoms with Crippen molar-refractivity contribution in [2.24, 2.45) is 0 Å². The highest BCUT2D eigenvalue weighted by Crippen LogP contribution is 2.39. The maximum atomic E-state index is 11.7. The summed E-state index contributed by atoms with van der Waals surface area (Å²) in [6.07, 6.45) is 0. The number of hydrogen-bond acceptors (Lipinski definition) is 3. The molecule has 0 bridgehead atoms. The third-order valence-electron chi connectivity index (χ3n) is 2.58. The Balaban J connectivity index is 2.57. The number of esters is 1. The van der Waals surface area contributed by atoms with Crippen molar-refractivity contribution in [3.05, 3.63) is 29.3 Å². The molecule has 0 saturated carbocycles. The lowest BCUT2D eigenvalue weighted by Crippen LogP contribution is -2.15. The van der Waals surface area contributed by atoms with E-state index in [9.17, 15) is 9.59 Å². The minimum absolute atomic E-state index is 0.203. The van der Waals surface area contributed by atoms with Gasteiger partial charge in [0.15, 0.2) is 0 Å². The van der Waals surface area contributed by atoms with Crippen LogP contribution >= 0.6 is 0 Å². The first-order chi connectivity index (χ1) is 7.42. The average molecular weight is 219 g/mol. The van der Waals surface area contributed by atoms with Gasteiger partial charge in [0.25, 0.3) is 0 Å². The molecule has 4 heteroatoms. The van der Waals surface area contributed by atoms with Crippen LogP contribution in [0.4, 0.5) is 5.69 Å². The highest BCUT2D eigenvalue weighted by Gasteiger charge is 2.39. The van der Waals surface area contributed by atoms with Crippen molar-refractivity contribution in [1.29, 1.82) is 0 Å². The number of anilines is 1. The van der Waals surface area contributed by atoms with Crippen LogP contribution in [0, 0.1) is 0 Å². The Morgan fingerprint density at radius 1 is 1.38 bits per heavy atom. The molecule has 1 aliphatic heterocycles. The Morgan fingerprint density at radius 2 is 2.06 bits per heavy atom. The molecule has 1 aliphatic rings. The van der Waals surface area contributed by atoms with Crippen LogP contribution in [0.3, 0.4) is 0 Å². The van der Waals surface area contributed by atoms with Gasteiger partial charge in [-0.1, -0.05) is 12.1 Å². The van der Waals surface area contributed by atoms with Gasteiger partial charge in [0, 0.05) is 12.5 Å². The number of rotatable bonds is 1. The first kappa shape index (κ1) is 10.7. The van der Waals surface area contributed by atoms with Crippen molar-refractivity contribution in [2.75, 3.05) is 5.32 Å². The quantitative estimate of drug-likeness (QED) is 0.735. The Bertz CT molecular complexity index is 477. The Labute approximate surface area is 93.6 Å². The molecule has 0 saturated heterocycles. The molecular weight excluding hydrogens is 206 g/mol. The molecule has 0 radical (unpaired) electrons. The first-order valence-electron chi connectivity index (χ1n) is 5.06. The third kappa shape index (κ3) is 1.56. The van der Waals surface area contributed by atoms with E-state index in [1.165, 1.54) is 6.92 Å². The van der Waals surface area contributed by atoms with E-state index in [1.54, 1.807) is 12.1 Å². The van der Waals surface area contributed by atoms with Crippen molar-refractivity contribution >= 4 is 17.6 Å². The third-order valence-corrected chi connectivity index (χ3v) is 2.58. The monoisotopic (exact) mass is 219 g/mol. The summed E-state index contributed by atoms with van der Waals surface area (Å²) in [5, 5.41) is 2.63. The molecular formula is C12H13NO3. The molecule has 0 spiro atoms. The Kier molecular flexibility index (Phi) is 2.22. The first-order valence-corrected chi connectivity index (χ1v) is 5.06. The van der Waals surface area contributed by atoms with Crippen molar-refractivity contribution < 1.29 is 14.3 Å². The van der Waals surface area contributed by atoms with Crippen LogP contribution in [0.5, 0.6) is 0 Å². The molecule has 2 rings (SSSR count). The molecule has 4 nitrogen and oxygen atoms in total. The summed E-state index contributed by atoms with van der Waals surface area (Å²) in [4.78, 5) is 22.7. The van der Waals surface area contributed by atoms with E-state index in [0.29, 0.717) is 11.3 Å². The minimum Gasteiger partial charge on any atom is -0.451 e. The fourth-order valence-electron chi connectivity index (χ4n) is 1.91. The highest BCUT2D eigenvalue weighted by molar-refractivity contribution is 6.04. The summed E-state index contributed by atoms with van der Waals surface area (Å²) in [5.41, 5.74) is 1.16. The number of nitrogens with one attached hydrogen (secondary N) is 1. The van der Waals surface area contributed by atoms with Gasteiger partial charge in [-0.25, -0.2) is 4.79 Å². The van der Waals surface area contributed by atoms with E-state index < -0.39 is 5.60 Å². The Hall–Kier alpha value is -1.84. The molecule has 1 aromatic rings. The van der Waals surface area contributed by atoms with Crippen LogP contribution in [0.1, 0.15) is 36.7 Å². The number of benzene rings is 1. The van der Waals surface area contributed by atoms with Gasteiger partial charge in [-0.05, 0) is 19.9 Å². The van der Waals surface area contributed by atoms with Crippen LogP contribution in [-0.4, -0.2) is 11.9 Å². The fraction of sp³-hybridized carbons (Fsp3) is 0.333. The summed E-state index contributed by atoms with van der Waals surface area (Å²) in [7, 11) is 0. The number of carbonyl (C=O) groups excluding carboxylic acids is 2. The summed E-state index contributed by atoms with van der Waals surface area (Å²) in [5.74, 6) is -0.588. The van der Waals surface area contributed by atoms with Crippen LogP contribution < -0.4 is 5.32 Å². The van der Waals surface area contributed by atoms with Gasteiger partial charge in [0.1, 0.15) is 5.60 Å². The van der Waals surface area contributed by atoms with E-state index in [2.05, 4.69) is 5.32 Å². The molecule has 84 valence electrons. The molecule has 16 heavy (non-hydrogen) atoms. The number of cyclic esters (lactones) is 1. The summed E-state index contributed by atoms with van der Waals surface area (Å²) >= 11 is 0. The van der Waals surface area contributed by atoms with Gasteiger partial charge < -0.3 is 10.1 Å². The van der Waals surface area contributed by atoms with Crippen molar-refractivity contribution in [1.82, 2.24) is 0 Å². The van der Waals surface area contributed by atoms with Gasteiger partial charge >= 0.3 is 5.97 Å². The topological polar surface area (TPSA) is 55.4 Å². The zero-order valence-corrected chi connectivity index (χ0v) is 9.46. The van der Waals surface area contributed by atoms with Gasteiger partial charge in [0.05, 0.1) is 11.3 Å². The predicted molar refractivity (Wildman–Crippen MR) is 59.2 cm³/mol. The minimum atomic E-state index is -0.624. The van der Waals surface area contributed by atoms with Crippen LogP contribution in [0.2, 0.25) is 0 Å². The Morgan fingerprint density at radius 3 is 2.69 bits per heavy atom. The number of fused-ring (bicyclic) bond motifs is 1. The standard InChI is InChI=1S/C12H13NO3/c1-7(14)13-9-6-4-5-8-10(9)11(15)16-12(8,2)3/h4-6H,1-3H3,(H,13,14). The molecule has 1 heterocycles. The largest absolute Gasteiger partial charge is 0.451 e. The van der Waals surface area contributed by atoms with Gasteiger partial charge in [0.2, 0.25) is 5.91 Å². The number of amides is 1. The summed E-state index contributed by atoms with van der Waals surface area (Å²) in [6.45, 7) is 5.06. The highest BCUT2D eigenvalue weighted by atomic mass is 16.6. The number of ether oxygens (including phenoxy) is 1. The van der Waals surface area contributed by atoms with E-state index in [4.69, 9.17) is 4.74 Å². The van der Waals surface area contributed by atoms with Crippen LogP contribution in [-0.2, 0) is 15.1 Å².